The summed E-state index contributed by atoms with van der Waals surface area (Å²) in [5, 5.41) is 17.3. The topological polar surface area (TPSA) is 97.5 Å². The fourth-order valence-corrected chi connectivity index (χ4v) is 2.93. The molecule has 2 aromatic rings. The molecule has 0 spiro atoms. The Hall–Kier alpha value is -3.04. The maximum Gasteiger partial charge on any atom is 0.328 e. The molecule has 0 bridgehead atoms. The summed E-state index contributed by atoms with van der Waals surface area (Å²) in [5.74, 6) is -1.97. The van der Waals surface area contributed by atoms with E-state index in [4.69, 9.17) is 4.74 Å². The Morgan fingerprint density at radius 3 is 2.81 bits per heavy atom. The third-order valence-electron chi connectivity index (χ3n) is 4.35. The number of carboxylic acids is 1. The number of aliphatic carboxylic acids is 1. The minimum atomic E-state index is -1.10. The Balaban J connectivity index is 1.57. The molecule has 0 aliphatic carbocycles. The van der Waals surface area contributed by atoms with Crippen LogP contribution in [0, 0.1) is 18.6 Å². The van der Waals surface area contributed by atoms with E-state index in [0.717, 1.165) is 6.07 Å². The van der Waals surface area contributed by atoms with Gasteiger partial charge in [-0.1, -0.05) is 0 Å². The van der Waals surface area contributed by atoms with E-state index >= 15 is 0 Å². The highest BCUT2D eigenvalue weighted by atomic mass is 19.1. The molecule has 0 saturated heterocycles. The first-order valence-corrected chi connectivity index (χ1v) is 8.35. The van der Waals surface area contributed by atoms with Crippen LogP contribution in [0.5, 0.6) is 5.75 Å². The van der Waals surface area contributed by atoms with Gasteiger partial charge in [-0.15, -0.1) is 10.2 Å². The molecule has 10 heteroatoms. The number of ether oxygens (including phenoxy) is 1. The predicted molar refractivity (Wildman–Crippen MR) is 87.8 cm³/mol. The summed E-state index contributed by atoms with van der Waals surface area (Å²) in [4.78, 5) is 25.3. The number of hydrogen-bond donors (Lipinski definition) is 1. The number of halogens is 2. The van der Waals surface area contributed by atoms with Gasteiger partial charge in [0.2, 0.25) is 5.91 Å². The van der Waals surface area contributed by atoms with E-state index < -0.39 is 23.6 Å². The zero-order valence-corrected chi connectivity index (χ0v) is 14.6. The largest absolute Gasteiger partial charge is 0.491 e. The summed E-state index contributed by atoms with van der Waals surface area (Å²) in [7, 11) is 0. The number of nitrogens with zero attached hydrogens (tertiary/aromatic N) is 4. The average Bonchev–Trinajstić information content (AvgIpc) is 2.99. The van der Waals surface area contributed by atoms with Crippen LogP contribution in [0.3, 0.4) is 0 Å². The zero-order chi connectivity index (χ0) is 19.6. The van der Waals surface area contributed by atoms with Crippen LogP contribution in [-0.2, 0) is 22.7 Å². The third kappa shape index (κ3) is 4.04. The Bertz CT molecular complexity index is 871. The lowest BCUT2D eigenvalue weighted by Crippen LogP contribution is -2.50. The highest BCUT2D eigenvalue weighted by Crippen LogP contribution is 2.20. The van der Waals surface area contributed by atoms with E-state index in [1.807, 2.05) is 0 Å². The van der Waals surface area contributed by atoms with Gasteiger partial charge in [0.15, 0.2) is 17.4 Å². The quantitative estimate of drug-likeness (QED) is 0.763. The van der Waals surface area contributed by atoms with Crippen molar-refractivity contribution in [2.75, 3.05) is 6.61 Å². The van der Waals surface area contributed by atoms with E-state index in [9.17, 15) is 23.5 Å². The molecule has 1 aliphatic rings. The van der Waals surface area contributed by atoms with E-state index in [1.165, 1.54) is 11.0 Å². The van der Waals surface area contributed by atoms with Crippen LogP contribution in [0.25, 0.3) is 0 Å². The van der Waals surface area contributed by atoms with E-state index in [0.29, 0.717) is 17.7 Å². The van der Waals surface area contributed by atoms with Gasteiger partial charge in [0, 0.05) is 12.5 Å². The van der Waals surface area contributed by atoms with Crippen molar-refractivity contribution in [3.05, 3.63) is 41.5 Å². The third-order valence-corrected chi connectivity index (χ3v) is 4.35. The standard InChI is InChI=1S/C17H18F2N4O4/c1-10-20-21-15-9-23(13(17(25)26)8-22(10)15)16(24)3-2-6-27-14-5-4-11(18)7-12(14)19/h4-5,7,13H,2-3,6,8-9H2,1H3,(H,25,26). The highest BCUT2D eigenvalue weighted by Gasteiger charge is 2.35. The summed E-state index contributed by atoms with van der Waals surface area (Å²) in [6.45, 7) is 1.91. The van der Waals surface area contributed by atoms with Crippen LogP contribution < -0.4 is 4.74 Å². The molecule has 0 fully saturated rings. The summed E-state index contributed by atoms with van der Waals surface area (Å²) < 4.78 is 33.2. The van der Waals surface area contributed by atoms with Crippen molar-refractivity contribution in [2.24, 2.45) is 0 Å². The summed E-state index contributed by atoms with van der Waals surface area (Å²) in [6, 6.07) is 1.96. The normalized spacial score (nSPS) is 16.1. The molecule has 2 heterocycles. The lowest BCUT2D eigenvalue weighted by Gasteiger charge is -2.33. The van der Waals surface area contributed by atoms with Gasteiger partial charge >= 0.3 is 5.97 Å². The van der Waals surface area contributed by atoms with Crippen LogP contribution in [-0.4, -0.2) is 49.3 Å². The van der Waals surface area contributed by atoms with Gasteiger partial charge in [-0.25, -0.2) is 13.6 Å². The van der Waals surface area contributed by atoms with Gasteiger partial charge in [0.25, 0.3) is 0 Å². The van der Waals surface area contributed by atoms with Crippen molar-refractivity contribution < 1.29 is 28.2 Å². The molecule has 1 aromatic carbocycles. The molecule has 0 saturated carbocycles. The van der Waals surface area contributed by atoms with Gasteiger partial charge in [-0.3, -0.25) is 4.79 Å². The molecule has 144 valence electrons. The summed E-state index contributed by atoms with van der Waals surface area (Å²) >= 11 is 0. The van der Waals surface area contributed by atoms with E-state index in [1.54, 1.807) is 11.5 Å². The smallest absolute Gasteiger partial charge is 0.328 e. The minimum Gasteiger partial charge on any atom is -0.491 e. The van der Waals surface area contributed by atoms with Gasteiger partial charge < -0.3 is 19.3 Å². The Labute approximate surface area is 153 Å². The molecule has 1 aromatic heterocycles. The Kier molecular flexibility index (Phi) is 5.33. The maximum atomic E-state index is 13.5. The number of hydrogen-bond acceptors (Lipinski definition) is 5. The van der Waals surface area contributed by atoms with Gasteiger partial charge in [-0.2, -0.15) is 0 Å². The van der Waals surface area contributed by atoms with Crippen LogP contribution in [0.1, 0.15) is 24.5 Å². The first kappa shape index (κ1) is 18.7. The number of amides is 1. The van der Waals surface area contributed by atoms with Gasteiger partial charge in [0.05, 0.1) is 19.7 Å². The van der Waals surface area contributed by atoms with Crippen LogP contribution in [0.15, 0.2) is 18.2 Å². The Morgan fingerprint density at radius 1 is 1.33 bits per heavy atom. The van der Waals surface area contributed by atoms with Gasteiger partial charge in [0.1, 0.15) is 17.7 Å². The van der Waals surface area contributed by atoms with Crippen molar-refractivity contribution in [2.45, 2.75) is 38.9 Å². The number of benzene rings is 1. The molecule has 1 N–H and O–H groups in total. The zero-order valence-electron chi connectivity index (χ0n) is 14.6. The first-order valence-electron chi connectivity index (χ1n) is 8.35. The van der Waals surface area contributed by atoms with Crippen LogP contribution in [0.4, 0.5) is 8.78 Å². The molecule has 0 radical (unpaired) electrons. The number of fused-ring (bicyclic) bond motifs is 1. The summed E-state index contributed by atoms with van der Waals surface area (Å²) in [6.07, 6.45) is 0.282. The molecule has 1 aliphatic heterocycles. The number of aromatic nitrogens is 3. The molecule has 1 amide bonds. The number of carbonyl (C=O) groups is 2. The number of carboxylic acid groups (broad SMARTS) is 1. The lowest BCUT2D eigenvalue weighted by molar-refractivity contribution is -0.152. The molecule has 27 heavy (non-hydrogen) atoms. The second-order valence-corrected chi connectivity index (χ2v) is 6.18. The molecule has 3 rings (SSSR count). The fourth-order valence-electron chi connectivity index (χ4n) is 2.93. The lowest BCUT2D eigenvalue weighted by atomic mass is 10.1. The van der Waals surface area contributed by atoms with Crippen molar-refractivity contribution in [3.63, 3.8) is 0 Å². The summed E-state index contributed by atoms with van der Waals surface area (Å²) in [5.41, 5.74) is 0. The van der Waals surface area contributed by atoms with Crippen molar-refractivity contribution in [1.29, 1.82) is 0 Å². The van der Waals surface area contributed by atoms with E-state index in [-0.39, 0.29) is 44.2 Å². The second kappa shape index (κ2) is 7.68. The molecular formula is C17H18F2N4O4. The number of carbonyl (C=O) groups excluding carboxylic acids is 1. The number of rotatable bonds is 6. The van der Waals surface area contributed by atoms with Crippen LogP contribution in [0.2, 0.25) is 0 Å². The number of aryl methyl sites for hydroxylation is 1. The van der Waals surface area contributed by atoms with Gasteiger partial charge in [-0.05, 0) is 25.5 Å². The van der Waals surface area contributed by atoms with Crippen molar-refractivity contribution in [1.82, 2.24) is 19.7 Å². The molecular weight excluding hydrogens is 362 g/mol. The molecule has 1 unspecified atom stereocenters. The maximum absolute atomic E-state index is 13.5. The highest BCUT2D eigenvalue weighted by molar-refractivity contribution is 5.83. The second-order valence-electron chi connectivity index (χ2n) is 6.18. The molecule has 1 atom stereocenters. The van der Waals surface area contributed by atoms with Crippen LogP contribution >= 0.6 is 0 Å². The SMILES string of the molecule is Cc1nnc2n1CC(C(=O)O)N(C(=O)CCCOc1ccc(F)cc1F)C2. The molecule has 8 nitrogen and oxygen atoms in total. The monoisotopic (exact) mass is 380 g/mol. The fraction of sp³-hybridized carbons (Fsp3) is 0.412. The van der Waals surface area contributed by atoms with Crippen molar-refractivity contribution in [3.8, 4) is 5.75 Å². The first-order chi connectivity index (χ1) is 12.9. The Morgan fingerprint density at radius 2 is 2.11 bits per heavy atom. The average molecular weight is 380 g/mol. The van der Waals surface area contributed by atoms with E-state index in [2.05, 4.69) is 10.2 Å². The van der Waals surface area contributed by atoms with Crippen molar-refractivity contribution >= 4 is 11.9 Å². The predicted octanol–water partition coefficient (Wildman–Crippen LogP) is 1.52. The minimum absolute atomic E-state index is 0.0275.